The van der Waals surface area contributed by atoms with E-state index in [-0.39, 0.29) is 5.92 Å². The van der Waals surface area contributed by atoms with Crippen molar-refractivity contribution >= 4 is 12.3 Å². The van der Waals surface area contributed by atoms with Crippen LogP contribution < -0.4 is 4.74 Å². The molecule has 4 aromatic carbocycles. The Labute approximate surface area is 212 Å². The molecule has 0 heterocycles. The van der Waals surface area contributed by atoms with Gasteiger partial charge >= 0.3 is 5.97 Å². The van der Waals surface area contributed by atoms with Gasteiger partial charge in [-0.25, -0.2) is 4.79 Å². The van der Waals surface area contributed by atoms with E-state index in [1.54, 1.807) is 30.3 Å². The number of rotatable bonds is 8. The van der Waals surface area contributed by atoms with Crippen molar-refractivity contribution < 1.29 is 19.4 Å². The van der Waals surface area contributed by atoms with E-state index in [1.165, 1.54) is 0 Å². The SMILES string of the molecule is CCC(c1ccc(O)c(C)c1)c1ccc(OC(=O)c2ccc(Cc3ccc(C=O)cc3)cc2)c(C)c1. The Morgan fingerprint density at radius 2 is 1.42 bits per heavy atom. The molecule has 4 heteroatoms. The molecule has 0 aliphatic heterocycles. The van der Waals surface area contributed by atoms with Gasteiger partial charge in [0.05, 0.1) is 5.56 Å². The lowest BCUT2D eigenvalue weighted by Crippen LogP contribution is -2.10. The van der Waals surface area contributed by atoms with Gasteiger partial charge in [-0.15, -0.1) is 0 Å². The van der Waals surface area contributed by atoms with Crippen LogP contribution in [0.25, 0.3) is 0 Å². The fourth-order valence-electron chi connectivity index (χ4n) is 4.43. The highest BCUT2D eigenvalue weighted by atomic mass is 16.5. The third kappa shape index (κ3) is 5.72. The first-order valence-corrected chi connectivity index (χ1v) is 12.1. The molecule has 0 radical (unpaired) electrons. The quantitative estimate of drug-likeness (QED) is 0.166. The maximum absolute atomic E-state index is 12.8. The molecule has 0 aliphatic rings. The van der Waals surface area contributed by atoms with E-state index in [0.717, 1.165) is 46.1 Å². The van der Waals surface area contributed by atoms with Gasteiger partial charge in [0, 0.05) is 11.5 Å². The van der Waals surface area contributed by atoms with Gasteiger partial charge in [-0.3, -0.25) is 4.79 Å². The Morgan fingerprint density at radius 1 is 0.833 bits per heavy atom. The van der Waals surface area contributed by atoms with Crippen LogP contribution in [-0.2, 0) is 6.42 Å². The number of esters is 1. The molecule has 1 N–H and O–H groups in total. The molecule has 1 unspecified atom stereocenters. The van der Waals surface area contributed by atoms with Gasteiger partial charge in [0.15, 0.2) is 0 Å². The van der Waals surface area contributed by atoms with Gasteiger partial charge in [0.25, 0.3) is 0 Å². The standard InChI is InChI=1S/C32H30O4/c1-4-29(27-13-15-30(34)21(2)17-27)28-14-16-31(22(3)18-28)36-32(35)26-11-9-24(10-12-26)19-23-5-7-25(20-33)8-6-23/h5-18,20,29,34H,4,19H2,1-3H3. The van der Waals surface area contributed by atoms with Gasteiger partial charge < -0.3 is 9.84 Å². The Kier molecular flexibility index (Phi) is 7.65. The largest absolute Gasteiger partial charge is 0.508 e. The molecular formula is C32H30O4. The van der Waals surface area contributed by atoms with E-state index in [9.17, 15) is 14.7 Å². The van der Waals surface area contributed by atoms with Gasteiger partial charge in [-0.05, 0) is 84.3 Å². The van der Waals surface area contributed by atoms with Crippen LogP contribution in [-0.4, -0.2) is 17.4 Å². The molecule has 4 nitrogen and oxygen atoms in total. The number of aldehydes is 1. The number of hydrogen-bond donors (Lipinski definition) is 1. The zero-order valence-electron chi connectivity index (χ0n) is 20.8. The van der Waals surface area contributed by atoms with Crippen LogP contribution in [0.1, 0.15) is 73.4 Å². The summed E-state index contributed by atoms with van der Waals surface area (Å²) in [5.41, 5.74) is 7.35. The molecule has 4 aromatic rings. The fourth-order valence-corrected chi connectivity index (χ4v) is 4.43. The number of aryl methyl sites for hydroxylation is 2. The lowest BCUT2D eigenvalue weighted by molar-refractivity contribution is 0.0733. The first-order chi connectivity index (χ1) is 17.4. The minimum absolute atomic E-state index is 0.190. The number of phenolic OH excluding ortho intramolecular Hbond substituents is 1. The fraction of sp³-hybridized carbons (Fsp3) is 0.188. The minimum atomic E-state index is -0.395. The van der Waals surface area contributed by atoms with Crippen molar-refractivity contribution in [1.29, 1.82) is 0 Å². The van der Waals surface area contributed by atoms with Gasteiger partial charge in [-0.2, -0.15) is 0 Å². The molecule has 0 spiro atoms. The van der Waals surface area contributed by atoms with Crippen molar-refractivity contribution in [1.82, 2.24) is 0 Å². The van der Waals surface area contributed by atoms with Crippen LogP contribution in [0.2, 0.25) is 0 Å². The van der Waals surface area contributed by atoms with Crippen LogP contribution in [0, 0.1) is 13.8 Å². The molecule has 0 saturated carbocycles. The van der Waals surface area contributed by atoms with E-state index in [2.05, 4.69) is 13.0 Å². The van der Waals surface area contributed by atoms with E-state index in [0.29, 0.717) is 29.0 Å². The number of carbonyl (C=O) groups is 2. The predicted octanol–water partition coefficient (Wildman–Crippen LogP) is 7.17. The smallest absolute Gasteiger partial charge is 0.343 e. The second kappa shape index (κ2) is 11.0. The highest BCUT2D eigenvalue weighted by molar-refractivity contribution is 5.91. The minimum Gasteiger partial charge on any atom is -0.508 e. The van der Waals surface area contributed by atoms with Crippen LogP contribution in [0.3, 0.4) is 0 Å². The topological polar surface area (TPSA) is 63.6 Å². The van der Waals surface area contributed by atoms with Crippen LogP contribution >= 0.6 is 0 Å². The Morgan fingerprint density at radius 3 is 1.97 bits per heavy atom. The molecular weight excluding hydrogens is 448 g/mol. The molecule has 0 bridgehead atoms. The summed E-state index contributed by atoms with van der Waals surface area (Å²) in [7, 11) is 0. The number of phenols is 1. The maximum Gasteiger partial charge on any atom is 0.343 e. The summed E-state index contributed by atoms with van der Waals surface area (Å²) in [6.45, 7) is 5.98. The summed E-state index contributed by atoms with van der Waals surface area (Å²) in [6, 6.07) is 26.5. The first-order valence-electron chi connectivity index (χ1n) is 12.1. The van der Waals surface area contributed by atoms with Crippen molar-refractivity contribution in [2.24, 2.45) is 0 Å². The summed E-state index contributed by atoms with van der Waals surface area (Å²) in [5.74, 6) is 0.636. The third-order valence-electron chi connectivity index (χ3n) is 6.55. The van der Waals surface area contributed by atoms with Crippen molar-refractivity contribution in [2.75, 3.05) is 0 Å². The lowest BCUT2D eigenvalue weighted by Gasteiger charge is -2.18. The highest BCUT2D eigenvalue weighted by Gasteiger charge is 2.16. The molecule has 0 aromatic heterocycles. The predicted molar refractivity (Wildman–Crippen MR) is 142 cm³/mol. The van der Waals surface area contributed by atoms with Crippen LogP contribution in [0.4, 0.5) is 0 Å². The molecule has 4 rings (SSSR count). The highest BCUT2D eigenvalue weighted by Crippen LogP contribution is 2.33. The molecule has 1 atom stereocenters. The molecule has 0 saturated heterocycles. The van der Waals surface area contributed by atoms with Gasteiger partial charge in [-0.1, -0.05) is 67.6 Å². The van der Waals surface area contributed by atoms with E-state index in [4.69, 9.17) is 4.74 Å². The Hall–Kier alpha value is -4.18. The van der Waals surface area contributed by atoms with Crippen LogP contribution in [0.5, 0.6) is 11.5 Å². The zero-order valence-corrected chi connectivity index (χ0v) is 20.8. The van der Waals surface area contributed by atoms with E-state index in [1.807, 2.05) is 62.4 Å². The Balaban J connectivity index is 1.44. The summed E-state index contributed by atoms with van der Waals surface area (Å²) in [6.07, 6.45) is 2.46. The van der Waals surface area contributed by atoms with Gasteiger partial charge in [0.2, 0.25) is 0 Å². The number of benzene rings is 4. The zero-order chi connectivity index (χ0) is 25.7. The normalized spacial score (nSPS) is 11.6. The molecule has 36 heavy (non-hydrogen) atoms. The number of hydrogen-bond acceptors (Lipinski definition) is 4. The average molecular weight is 479 g/mol. The van der Waals surface area contributed by atoms with Crippen molar-refractivity contribution in [3.8, 4) is 11.5 Å². The van der Waals surface area contributed by atoms with E-state index >= 15 is 0 Å². The summed E-state index contributed by atoms with van der Waals surface area (Å²) < 4.78 is 5.72. The van der Waals surface area contributed by atoms with Crippen LogP contribution in [0.15, 0.2) is 84.9 Å². The third-order valence-corrected chi connectivity index (χ3v) is 6.55. The summed E-state index contributed by atoms with van der Waals surface area (Å²) >= 11 is 0. The average Bonchev–Trinajstić information content (AvgIpc) is 2.89. The van der Waals surface area contributed by atoms with E-state index < -0.39 is 5.97 Å². The van der Waals surface area contributed by atoms with Crippen molar-refractivity contribution in [2.45, 2.75) is 39.5 Å². The second-order valence-electron chi connectivity index (χ2n) is 9.15. The second-order valence-corrected chi connectivity index (χ2v) is 9.15. The van der Waals surface area contributed by atoms with Crippen molar-refractivity contribution in [3.05, 3.63) is 129 Å². The summed E-state index contributed by atoms with van der Waals surface area (Å²) in [5, 5.41) is 9.87. The first kappa shape index (κ1) is 24.9. The number of ether oxygens (including phenoxy) is 1. The monoisotopic (exact) mass is 478 g/mol. The molecule has 0 amide bonds. The molecule has 0 fully saturated rings. The number of carbonyl (C=O) groups excluding carboxylic acids is 2. The molecule has 0 aliphatic carbocycles. The molecule has 182 valence electrons. The summed E-state index contributed by atoms with van der Waals surface area (Å²) in [4.78, 5) is 23.6. The maximum atomic E-state index is 12.8. The van der Waals surface area contributed by atoms with Crippen molar-refractivity contribution in [3.63, 3.8) is 0 Å². The lowest BCUT2D eigenvalue weighted by atomic mass is 9.87. The van der Waals surface area contributed by atoms with Gasteiger partial charge in [0.1, 0.15) is 17.8 Å². The Bertz CT molecular complexity index is 1370. The number of aromatic hydroxyl groups is 1.